The lowest BCUT2D eigenvalue weighted by Gasteiger charge is -2.12. The van der Waals surface area contributed by atoms with Crippen molar-refractivity contribution in [1.82, 2.24) is 4.90 Å². The van der Waals surface area contributed by atoms with Crippen molar-refractivity contribution in [1.29, 1.82) is 0 Å². The van der Waals surface area contributed by atoms with Crippen molar-refractivity contribution in [3.63, 3.8) is 0 Å². The zero-order chi connectivity index (χ0) is 15.2. The SMILES string of the molecule is CN(C)CCCc1ccccc1-c1ccc([N+](=O)[O-])cc1. The van der Waals surface area contributed by atoms with Gasteiger partial charge in [0.15, 0.2) is 0 Å². The summed E-state index contributed by atoms with van der Waals surface area (Å²) in [6.45, 7) is 1.05. The number of non-ortho nitro benzene ring substituents is 1. The van der Waals surface area contributed by atoms with Crippen LogP contribution in [0.3, 0.4) is 0 Å². The van der Waals surface area contributed by atoms with Crippen LogP contribution < -0.4 is 0 Å². The fourth-order valence-electron chi connectivity index (χ4n) is 2.37. The van der Waals surface area contributed by atoms with Crippen LogP contribution in [0, 0.1) is 10.1 Å². The Morgan fingerprint density at radius 3 is 2.33 bits per heavy atom. The molecule has 0 aliphatic heterocycles. The molecule has 2 rings (SSSR count). The molecule has 0 atom stereocenters. The lowest BCUT2D eigenvalue weighted by Crippen LogP contribution is -2.13. The molecular formula is C17H20N2O2. The minimum atomic E-state index is -0.368. The molecule has 0 spiro atoms. The zero-order valence-electron chi connectivity index (χ0n) is 12.5. The fraction of sp³-hybridized carbons (Fsp3) is 0.294. The highest BCUT2D eigenvalue weighted by molar-refractivity contribution is 5.68. The molecule has 0 heterocycles. The summed E-state index contributed by atoms with van der Waals surface area (Å²) in [6, 6.07) is 15.0. The van der Waals surface area contributed by atoms with Crippen molar-refractivity contribution >= 4 is 5.69 Å². The number of nitro groups is 1. The van der Waals surface area contributed by atoms with E-state index in [1.54, 1.807) is 12.1 Å². The van der Waals surface area contributed by atoms with Crippen molar-refractivity contribution in [2.45, 2.75) is 12.8 Å². The average molecular weight is 284 g/mol. The Morgan fingerprint density at radius 2 is 1.71 bits per heavy atom. The Kier molecular flexibility index (Phi) is 5.06. The molecule has 0 N–H and O–H groups in total. The number of nitrogens with zero attached hydrogens (tertiary/aromatic N) is 2. The van der Waals surface area contributed by atoms with Crippen molar-refractivity contribution in [2.24, 2.45) is 0 Å². The van der Waals surface area contributed by atoms with Crippen molar-refractivity contribution in [3.05, 3.63) is 64.2 Å². The largest absolute Gasteiger partial charge is 0.309 e. The molecule has 0 radical (unpaired) electrons. The van der Waals surface area contributed by atoms with Gasteiger partial charge in [0, 0.05) is 12.1 Å². The molecule has 0 fully saturated rings. The van der Waals surface area contributed by atoms with Gasteiger partial charge in [-0.3, -0.25) is 10.1 Å². The van der Waals surface area contributed by atoms with E-state index in [1.165, 1.54) is 5.56 Å². The highest BCUT2D eigenvalue weighted by atomic mass is 16.6. The monoisotopic (exact) mass is 284 g/mol. The van der Waals surface area contributed by atoms with Gasteiger partial charge in [-0.2, -0.15) is 0 Å². The van der Waals surface area contributed by atoms with Crippen molar-refractivity contribution in [2.75, 3.05) is 20.6 Å². The van der Waals surface area contributed by atoms with Crippen LogP contribution in [0.1, 0.15) is 12.0 Å². The summed E-state index contributed by atoms with van der Waals surface area (Å²) in [5.41, 5.74) is 3.60. The Morgan fingerprint density at radius 1 is 1.05 bits per heavy atom. The van der Waals surface area contributed by atoms with Gasteiger partial charge in [0.05, 0.1) is 4.92 Å². The topological polar surface area (TPSA) is 46.4 Å². The molecule has 0 amide bonds. The molecule has 0 saturated carbocycles. The standard InChI is InChI=1S/C17H20N2O2/c1-18(2)13-5-7-14-6-3-4-8-17(14)15-9-11-16(12-10-15)19(20)21/h3-4,6,8-12H,5,7,13H2,1-2H3. The maximum absolute atomic E-state index is 10.7. The maximum Gasteiger partial charge on any atom is 0.269 e. The smallest absolute Gasteiger partial charge is 0.269 e. The third kappa shape index (κ3) is 4.13. The van der Waals surface area contributed by atoms with E-state index in [0.717, 1.165) is 30.5 Å². The van der Waals surface area contributed by atoms with Gasteiger partial charge in [-0.05, 0) is 62.3 Å². The summed E-state index contributed by atoms with van der Waals surface area (Å²) >= 11 is 0. The molecule has 0 saturated heterocycles. The molecule has 21 heavy (non-hydrogen) atoms. The molecule has 4 heteroatoms. The lowest BCUT2D eigenvalue weighted by molar-refractivity contribution is -0.384. The summed E-state index contributed by atoms with van der Waals surface area (Å²) in [5.74, 6) is 0. The van der Waals surface area contributed by atoms with Gasteiger partial charge in [-0.1, -0.05) is 24.3 Å². The van der Waals surface area contributed by atoms with Crippen molar-refractivity contribution < 1.29 is 4.92 Å². The van der Waals surface area contributed by atoms with Crippen LogP contribution in [0.4, 0.5) is 5.69 Å². The average Bonchev–Trinajstić information content (AvgIpc) is 2.47. The molecule has 0 bridgehead atoms. The van der Waals surface area contributed by atoms with Crippen LogP contribution in [-0.4, -0.2) is 30.5 Å². The Labute approximate surface area is 125 Å². The van der Waals surface area contributed by atoms with Crippen LogP contribution >= 0.6 is 0 Å². The first-order valence-electron chi connectivity index (χ1n) is 7.05. The molecule has 2 aromatic carbocycles. The van der Waals surface area contributed by atoms with E-state index in [1.807, 2.05) is 24.3 Å². The predicted octanol–water partition coefficient (Wildman–Crippen LogP) is 3.76. The first-order chi connectivity index (χ1) is 10.1. The van der Waals surface area contributed by atoms with E-state index in [9.17, 15) is 10.1 Å². The minimum Gasteiger partial charge on any atom is -0.309 e. The van der Waals surface area contributed by atoms with Crippen LogP contribution in [0.5, 0.6) is 0 Å². The van der Waals surface area contributed by atoms with E-state index in [0.29, 0.717) is 0 Å². The van der Waals surface area contributed by atoms with Gasteiger partial charge >= 0.3 is 0 Å². The minimum absolute atomic E-state index is 0.129. The highest BCUT2D eigenvalue weighted by Crippen LogP contribution is 2.26. The molecular weight excluding hydrogens is 264 g/mol. The molecule has 2 aromatic rings. The number of aryl methyl sites for hydroxylation is 1. The number of nitro benzene ring substituents is 1. The van der Waals surface area contributed by atoms with Gasteiger partial charge in [-0.25, -0.2) is 0 Å². The van der Waals surface area contributed by atoms with Gasteiger partial charge < -0.3 is 4.90 Å². The van der Waals surface area contributed by atoms with E-state index in [2.05, 4.69) is 31.1 Å². The first kappa shape index (κ1) is 15.2. The normalized spacial score (nSPS) is 10.8. The van der Waals surface area contributed by atoms with E-state index in [4.69, 9.17) is 0 Å². The second-order valence-electron chi connectivity index (χ2n) is 5.37. The van der Waals surface area contributed by atoms with E-state index in [-0.39, 0.29) is 10.6 Å². The molecule has 0 aliphatic carbocycles. The molecule has 110 valence electrons. The van der Waals surface area contributed by atoms with Gasteiger partial charge in [0.25, 0.3) is 5.69 Å². The number of hydrogen-bond donors (Lipinski definition) is 0. The predicted molar refractivity (Wildman–Crippen MR) is 85.4 cm³/mol. The third-order valence-corrected chi connectivity index (χ3v) is 3.46. The number of hydrogen-bond acceptors (Lipinski definition) is 3. The Balaban J connectivity index is 2.20. The summed E-state index contributed by atoms with van der Waals surface area (Å²) in [7, 11) is 4.14. The highest BCUT2D eigenvalue weighted by Gasteiger charge is 2.08. The van der Waals surface area contributed by atoms with Crippen LogP contribution in [0.2, 0.25) is 0 Å². The Hall–Kier alpha value is -2.20. The first-order valence-corrected chi connectivity index (χ1v) is 7.05. The van der Waals surface area contributed by atoms with Crippen LogP contribution in [-0.2, 0) is 6.42 Å². The number of benzene rings is 2. The second-order valence-corrected chi connectivity index (χ2v) is 5.37. The summed E-state index contributed by atoms with van der Waals surface area (Å²) in [4.78, 5) is 12.5. The lowest BCUT2D eigenvalue weighted by atomic mass is 9.96. The van der Waals surface area contributed by atoms with E-state index >= 15 is 0 Å². The van der Waals surface area contributed by atoms with Gasteiger partial charge in [-0.15, -0.1) is 0 Å². The maximum atomic E-state index is 10.7. The van der Waals surface area contributed by atoms with Gasteiger partial charge in [0.2, 0.25) is 0 Å². The summed E-state index contributed by atoms with van der Waals surface area (Å²) in [5, 5.41) is 10.7. The van der Waals surface area contributed by atoms with Crippen molar-refractivity contribution in [3.8, 4) is 11.1 Å². The van der Waals surface area contributed by atoms with Crippen LogP contribution in [0.15, 0.2) is 48.5 Å². The van der Waals surface area contributed by atoms with E-state index < -0.39 is 0 Å². The molecule has 0 aromatic heterocycles. The quantitative estimate of drug-likeness (QED) is 0.599. The molecule has 4 nitrogen and oxygen atoms in total. The molecule has 0 aliphatic rings. The van der Waals surface area contributed by atoms with Crippen LogP contribution in [0.25, 0.3) is 11.1 Å². The third-order valence-electron chi connectivity index (χ3n) is 3.46. The fourth-order valence-corrected chi connectivity index (χ4v) is 2.37. The summed E-state index contributed by atoms with van der Waals surface area (Å²) < 4.78 is 0. The summed E-state index contributed by atoms with van der Waals surface area (Å²) in [6.07, 6.45) is 2.10. The molecule has 0 unspecified atom stereocenters. The second kappa shape index (κ2) is 6.99. The number of rotatable bonds is 6. The van der Waals surface area contributed by atoms with Gasteiger partial charge in [0.1, 0.15) is 0 Å². The zero-order valence-corrected chi connectivity index (χ0v) is 12.5. The Bertz CT molecular complexity index is 606.